The van der Waals surface area contributed by atoms with Gasteiger partial charge in [-0.15, -0.1) is 0 Å². The van der Waals surface area contributed by atoms with Crippen molar-refractivity contribution < 1.29 is 23.8 Å². The van der Waals surface area contributed by atoms with Crippen molar-refractivity contribution in [2.24, 2.45) is 7.05 Å². The third-order valence-electron chi connectivity index (χ3n) is 4.55. The number of fused-ring (bicyclic) bond motifs is 1. The Balaban J connectivity index is 1.46. The van der Waals surface area contributed by atoms with Gasteiger partial charge in [-0.3, -0.25) is 9.59 Å². The van der Waals surface area contributed by atoms with E-state index in [4.69, 9.17) is 14.2 Å². The Morgan fingerprint density at radius 3 is 2.55 bits per heavy atom. The molecule has 29 heavy (non-hydrogen) atoms. The highest BCUT2D eigenvalue weighted by Gasteiger charge is 2.20. The second-order valence-corrected chi connectivity index (χ2v) is 6.53. The molecule has 4 rings (SSSR count). The van der Waals surface area contributed by atoms with Gasteiger partial charge in [-0.2, -0.15) is 0 Å². The molecule has 0 spiro atoms. The van der Waals surface area contributed by atoms with Gasteiger partial charge in [-0.1, -0.05) is 0 Å². The van der Waals surface area contributed by atoms with Gasteiger partial charge in [0.15, 0.2) is 17.3 Å². The molecule has 8 heteroatoms. The summed E-state index contributed by atoms with van der Waals surface area (Å²) in [7, 11) is 1.89. The summed E-state index contributed by atoms with van der Waals surface area (Å²) in [6.45, 7) is 1.85. The van der Waals surface area contributed by atoms with Crippen LogP contribution in [0.1, 0.15) is 33.5 Å². The van der Waals surface area contributed by atoms with Crippen molar-refractivity contribution in [3.63, 3.8) is 0 Å². The first-order valence-corrected chi connectivity index (χ1v) is 8.96. The molecule has 0 radical (unpaired) electrons. The van der Waals surface area contributed by atoms with Gasteiger partial charge in [0.05, 0.1) is 5.69 Å². The summed E-state index contributed by atoms with van der Waals surface area (Å²) in [6.07, 6.45) is 3.55. The van der Waals surface area contributed by atoms with Crippen molar-refractivity contribution >= 4 is 17.4 Å². The van der Waals surface area contributed by atoms with Crippen LogP contribution in [0.4, 0.5) is 5.69 Å². The second-order valence-electron chi connectivity index (χ2n) is 6.53. The lowest BCUT2D eigenvalue weighted by Crippen LogP contribution is -2.14. The predicted molar refractivity (Wildman–Crippen MR) is 105 cm³/mol. The fourth-order valence-corrected chi connectivity index (χ4v) is 2.92. The van der Waals surface area contributed by atoms with E-state index >= 15 is 0 Å². The van der Waals surface area contributed by atoms with Crippen LogP contribution in [-0.2, 0) is 13.7 Å². The van der Waals surface area contributed by atoms with Gasteiger partial charge < -0.3 is 24.1 Å². The Kier molecular flexibility index (Phi) is 4.90. The number of benzene rings is 2. The van der Waals surface area contributed by atoms with E-state index < -0.39 is 0 Å². The van der Waals surface area contributed by atoms with E-state index in [1.165, 1.54) is 6.92 Å². The number of nitrogens with zero attached hydrogens (tertiary/aromatic N) is 2. The maximum Gasteiger partial charge on any atom is 0.255 e. The standard InChI is InChI=1S/C21H19N3O5/c1-13(25)16-9-18-19(29-12-28-18)10-17(16)23-21(26)14-3-5-15(6-4-14)27-11-20-22-7-8-24(20)2/h3-10H,11-12H2,1-2H3,(H,23,26). The summed E-state index contributed by atoms with van der Waals surface area (Å²) in [5, 5.41) is 2.77. The zero-order chi connectivity index (χ0) is 20.4. The summed E-state index contributed by atoms with van der Waals surface area (Å²) < 4.78 is 18.2. The van der Waals surface area contributed by atoms with Crippen molar-refractivity contribution in [1.29, 1.82) is 0 Å². The highest BCUT2D eigenvalue weighted by Crippen LogP contribution is 2.37. The van der Waals surface area contributed by atoms with Gasteiger partial charge in [-0.05, 0) is 37.3 Å². The number of carbonyl (C=O) groups is 2. The number of anilines is 1. The Labute approximate surface area is 167 Å². The summed E-state index contributed by atoms with van der Waals surface area (Å²) in [6, 6.07) is 9.91. The number of Topliss-reactive ketones (excluding diaryl/α,β-unsaturated/α-hetero) is 1. The van der Waals surface area contributed by atoms with E-state index in [-0.39, 0.29) is 18.5 Å². The van der Waals surface area contributed by atoms with E-state index in [0.717, 1.165) is 5.82 Å². The highest BCUT2D eigenvalue weighted by molar-refractivity contribution is 6.09. The molecule has 0 saturated heterocycles. The van der Waals surface area contributed by atoms with Crippen LogP contribution in [0.2, 0.25) is 0 Å². The largest absolute Gasteiger partial charge is 0.486 e. The highest BCUT2D eigenvalue weighted by atomic mass is 16.7. The maximum atomic E-state index is 12.6. The molecule has 2 heterocycles. The van der Waals surface area contributed by atoms with Gasteiger partial charge in [0.25, 0.3) is 5.91 Å². The fourth-order valence-electron chi connectivity index (χ4n) is 2.92. The minimum Gasteiger partial charge on any atom is -0.486 e. The van der Waals surface area contributed by atoms with E-state index in [9.17, 15) is 9.59 Å². The van der Waals surface area contributed by atoms with Crippen LogP contribution in [0, 0.1) is 0 Å². The molecule has 3 aromatic rings. The van der Waals surface area contributed by atoms with Gasteiger partial charge in [0.2, 0.25) is 6.79 Å². The molecule has 1 aliphatic rings. The first-order chi connectivity index (χ1) is 14.0. The van der Waals surface area contributed by atoms with Gasteiger partial charge in [-0.25, -0.2) is 4.98 Å². The lowest BCUT2D eigenvalue weighted by Gasteiger charge is -2.11. The fraction of sp³-hybridized carbons (Fsp3) is 0.190. The second kappa shape index (κ2) is 7.67. The SMILES string of the molecule is CC(=O)c1cc2c(cc1NC(=O)c1ccc(OCc3nccn3C)cc1)OCO2. The van der Waals surface area contributed by atoms with Crippen LogP contribution < -0.4 is 19.5 Å². The van der Waals surface area contributed by atoms with E-state index in [1.807, 2.05) is 17.8 Å². The van der Waals surface area contributed by atoms with Crippen molar-refractivity contribution in [1.82, 2.24) is 9.55 Å². The summed E-state index contributed by atoms with van der Waals surface area (Å²) >= 11 is 0. The summed E-state index contributed by atoms with van der Waals surface area (Å²) in [5.74, 6) is 1.87. The Bertz CT molecular complexity index is 1070. The lowest BCUT2D eigenvalue weighted by atomic mass is 10.1. The molecular formula is C21H19N3O5. The Morgan fingerprint density at radius 1 is 1.17 bits per heavy atom. The molecule has 148 valence electrons. The third kappa shape index (κ3) is 3.91. The molecule has 0 unspecified atom stereocenters. The number of aromatic nitrogens is 2. The van der Waals surface area contributed by atoms with Crippen LogP contribution >= 0.6 is 0 Å². The molecule has 8 nitrogen and oxygen atoms in total. The smallest absolute Gasteiger partial charge is 0.255 e. The molecular weight excluding hydrogens is 374 g/mol. The first kappa shape index (κ1) is 18.5. The van der Waals surface area contributed by atoms with E-state index in [0.29, 0.717) is 40.7 Å². The number of amides is 1. The van der Waals surface area contributed by atoms with Crippen LogP contribution in [0.3, 0.4) is 0 Å². The molecule has 0 bridgehead atoms. The minimum absolute atomic E-state index is 0.0871. The van der Waals surface area contributed by atoms with Gasteiger partial charge >= 0.3 is 0 Å². The first-order valence-electron chi connectivity index (χ1n) is 8.96. The molecule has 0 aliphatic carbocycles. The average molecular weight is 393 g/mol. The maximum absolute atomic E-state index is 12.6. The Hall–Kier alpha value is -3.81. The zero-order valence-corrected chi connectivity index (χ0v) is 16.0. The van der Waals surface area contributed by atoms with E-state index in [1.54, 1.807) is 42.6 Å². The molecule has 0 fully saturated rings. The molecule has 1 amide bonds. The summed E-state index contributed by atoms with van der Waals surface area (Å²) in [5.41, 5.74) is 1.17. The Morgan fingerprint density at radius 2 is 1.90 bits per heavy atom. The predicted octanol–water partition coefficient (Wildman–Crippen LogP) is 3.18. The molecule has 0 atom stereocenters. The number of ketones is 1. The van der Waals surface area contributed by atoms with Crippen LogP contribution in [-0.4, -0.2) is 28.0 Å². The molecule has 1 aliphatic heterocycles. The third-order valence-corrected chi connectivity index (χ3v) is 4.55. The number of nitrogens with one attached hydrogen (secondary N) is 1. The van der Waals surface area contributed by atoms with Crippen molar-refractivity contribution in [2.75, 3.05) is 12.1 Å². The number of rotatable bonds is 6. The molecule has 2 aromatic carbocycles. The normalized spacial score (nSPS) is 11.9. The molecule has 0 saturated carbocycles. The monoisotopic (exact) mass is 393 g/mol. The van der Waals surface area contributed by atoms with Crippen molar-refractivity contribution in [3.8, 4) is 17.2 Å². The van der Waals surface area contributed by atoms with Crippen LogP contribution in [0.5, 0.6) is 17.2 Å². The number of hydrogen-bond donors (Lipinski definition) is 1. The van der Waals surface area contributed by atoms with Crippen molar-refractivity contribution in [3.05, 3.63) is 65.7 Å². The van der Waals surface area contributed by atoms with Crippen LogP contribution in [0.25, 0.3) is 0 Å². The van der Waals surface area contributed by atoms with Crippen LogP contribution in [0.15, 0.2) is 48.8 Å². The lowest BCUT2D eigenvalue weighted by molar-refractivity contribution is 0.101. The number of imidazole rings is 1. The zero-order valence-electron chi connectivity index (χ0n) is 16.0. The molecule has 1 N–H and O–H groups in total. The van der Waals surface area contributed by atoms with Gasteiger partial charge in [0.1, 0.15) is 18.2 Å². The van der Waals surface area contributed by atoms with Gasteiger partial charge in [0, 0.05) is 36.6 Å². The van der Waals surface area contributed by atoms with Crippen molar-refractivity contribution in [2.45, 2.75) is 13.5 Å². The number of hydrogen-bond acceptors (Lipinski definition) is 6. The average Bonchev–Trinajstić information content (AvgIpc) is 3.34. The minimum atomic E-state index is -0.345. The molecule has 1 aromatic heterocycles. The van der Waals surface area contributed by atoms with E-state index in [2.05, 4.69) is 10.3 Å². The topological polar surface area (TPSA) is 91.7 Å². The number of carbonyl (C=O) groups excluding carboxylic acids is 2. The number of ether oxygens (including phenoxy) is 3. The quantitative estimate of drug-likeness (QED) is 0.647. The summed E-state index contributed by atoms with van der Waals surface area (Å²) in [4.78, 5) is 28.8. The number of aryl methyl sites for hydroxylation is 1.